The number of rotatable bonds is 3. The number of hydrogen-bond donors (Lipinski definition) is 0. The van der Waals surface area contributed by atoms with Gasteiger partial charge in [0.25, 0.3) is 0 Å². The normalized spacial score (nSPS) is 17.1. The minimum atomic E-state index is -0.182. The van der Waals surface area contributed by atoms with E-state index >= 15 is 4.79 Å². The van der Waals surface area contributed by atoms with E-state index in [1.807, 2.05) is 0 Å². The lowest BCUT2D eigenvalue weighted by molar-refractivity contribution is 0.148. The average Bonchev–Trinajstić information content (AvgIpc) is 4.22. The van der Waals surface area contributed by atoms with Crippen LogP contribution in [0.3, 0.4) is 0 Å². The van der Waals surface area contributed by atoms with Gasteiger partial charge >= 0.3 is 6.09 Å². The van der Waals surface area contributed by atoms with Crippen LogP contribution in [0.5, 0.6) is 0 Å². The smallest absolute Gasteiger partial charge is 0.419 e. The minimum absolute atomic E-state index is 0.182. The number of aromatic nitrogens is 1. The molecule has 0 N–H and O–H groups in total. The van der Waals surface area contributed by atoms with Crippen molar-refractivity contribution in [1.82, 2.24) is 4.57 Å². The highest BCUT2D eigenvalue weighted by molar-refractivity contribution is 6.84. The zero-order chi connectivity index (χ0) is 40.6. The van der Waals surface area contributed by atoms with Gasteiger partial charge < -0.3 is 4.74 Å². The van der Waals surface area contributed by atoms with Crippen LogP contribution in [0.4, 0.5) is 4.79 Å². The van der Waals surface area contributed by atoms with Gasteiger partial charge in [-0.3, -0.25) is 0 Å². The summed E-state index contributed by atoms with van der Waals surface area (Å²) in [7, 11) is 0. The number of ether oxygens (including phenoxy) is 1. The first-order valence-corrected chi connectivity index (χ1v) is 25.3. The van der Waals surface area contributed by atoms with Crippen molar-refractivity contribution in [2.75, 3.05) is 6.61 Å². The minimum Gasteiger partial charge on any atom is -0.449 e. The number of hydrogen-bond acceptors (Lipinski definition) is 2. The van der Waals surface area contributed by atoms with Crippen LogP contribution in [-0.4, -0.2) is 17.3 Å². The molecule has 3 nitrogen and oxygen atoms in total. The molecule has 0 saturated heterocycles. The van der Waals surface area contributed by atoms with Crippen LogP contribution >= 0.6 is 0 Å². The fourth-order valence-corrected chi connectivity index (χ4v) is 23.1. The van der Waals surface area contributed by atoms with Crippen LogP contribution in [0, 0.1) is 0 Å². The molecule has 1 heterocycles. The Morgan fingerprint density at radius 3 is 0.529 bits per heavy atom. The predicted octanol–water partition coefficient (Wildman–Crippen LogP) is 18.9. The van der Waals surface area contributed by atoms with Crippen LogP contribution in [0.15, 0.2) is 0 Å². The van der Waals surface area contributed by atoms with E-state index in [2.05, 4.69) is 11.5 Å². The zero-order valence-electron chi connectivity index (χ0n) is 34.9. The third-order valence-electron chi connectivity index (χ3n) is 23.6. The first kappa shape index (κ1) is 25.4. The molecule has 31 aromatic rings. The summed E-state index contributed by atoms with van der Waals surface area (Å²) in [6, 6.07) is 0. The molecule has 0 aliphatic heterocycles. The number of carbonyl (C=O) groups is 1. The lowest BCUT2D eigenvalue weighted by Crippen LogP contribution is -2.17. The fraction of sp³-hybridized carbons (Fsp3) is 0.0615. The van der Waals surface area contributed by atoms with E-state index in [1.165, 1.54) is 108 Å². The van der Waals surface area contributed by atoms with Crippen molar-refractivity contribution in [3.63, 3.8) is 0 Å². The number of nitrogens with zero attached hydrogens (tertiary/aromatic N) is 1. The van der Waals surface area contributed by atoms with E-state index in [1.54, 1.807) is 205 Å². The number of benzene rings is 19. The van der Waals surface area contributed by atoms with Gasteiger partial charge in [-0.1, -0.05) is 13.3 Å². The van der Waals surface area contributed by atoms with Crippen molar-refractivity contribution in [3.8, 4) is 0 Å². The van der Waals surface area contributed by atoms with Crippen molar-refractivity contribution in [2.45, 2.75) is 19.8 Å². The Bertz CT molecular complexity index is 6910. The molecule has 31 rings (SSSR count). The van der Waals surface area contributed by atoms with Gasteiger partial charge in [0.2, 0.25) is 0 Å². The molecule has 0 amide bonds. The van der Waals surface area contributed by atoms with E-state index in [-0.39, 0.29) is 6.09 Å². The summed E-state index contributed by atoms with van der Waals surface area (Å²) in [6.07, 6.45) is 1.67. The quantitative estimate of drug-likeness (QED) is 0.101. The van der Waals surface area contributed by atoms with Gasteiger partial charge in [0.1, 0.15) is 0 Å². The number of carbonyl (C=O) groups excluding carboxylic acids is 1. The Hall–Kier alpha value is -8.53. The predicted molar refractivity (Wildman–Crippen MR) is 289 cm³/mol. The van der Waals surface area contributed by atoms with Crippen molar-refractivity contribution in [3.05, 3.63) is 0 Å². The summed E-state index contributed by atoms with van der Waals surface area (Å²) in [4.78, 5) is 16.0. The molecule has 0 bridgehead atoms. The standard InChI is InChI=1S/C65H9NO2/c1-2-3-4-68-65(67)66-63-59-52-45-33-25-16-7-5-6-8-11(7)20-27(25)35-36-28(20)26-17(8)19-15-10(6)13-12-9(5)14-18(16)31(33)39-37-23(14)21(12)29-30-22(13)24(15)38-40-32(19)34(26)46-48(36)57(56(59)47(35)45)60-53(46)51(40)55-44(38)42(30)49-41(29)43(37)54(50(39)52)61(63)58(49)62(55)64(60)66/h2-4H2,1H3. The number of unbranched alkanes of at least 4 members (excludes halogenated alkanes) is 1. The van der Waals surface area contributed by atoms with Gasteiger partial charge in [0.15, 0.2) is 0 Å². The molecule has 0 atom stereocenters. The SMILES string of the molecule is CCCCOC(=O)n1c2c3c4c5c6c7c8c9c%10c%11c%12c9c9c7c7c%13c9c9c%12c%12c%14c%11c%11c%15c%10c%10c8c6c6c8c%10c%15c%10c%15c%11c%14c%11c%14c%12c9c9c%13c(c3c75)c3c9c%14c5c%11c%15c7c%10c8c(c64)c2c7c5c31. The molecule has 0 aliphatic rings. The van der Waals surface area contributed by atoms with E-state index in [0.29, 0.717) is 6.61 Å². The molecule has 0 saturated carbocycles. The molecular weight excluding hydrogens is 827 g/mol. The van der Waals surface area contributed by atoms with Gasteiger partial charge in [0.05, 0.1) is 17.6 Å². The number of pyridine rings is 1. The van der Waals surface area contributed by atoms with Gasteiger partial charge in [0, 0.05) is 312 Å². The summed E-state index contributed by atoms with van der Waals surface area (Å²) in [5.41, 5.74) is 2.29. The Kier molecular flexibility index (Phi) is 2.19. The summed E-state index contributed by atoms with van der Waals surface area (Å²) in [6.45, 7) is 2.64. The van der Waals surface area contributed by atoms with Crippen LogP contribution < -0.4 is 0 Å². The van der Waals surface area contributed by atoms with Crippen molar-refractivity contribution in [1.29, 1.82) is 0 Å². The van der Waals surface area contributed by atoms with Crippen molar-refractivity contribution < 1.29 is 9.53 Å². The highest BCUT2D eigenvalue weighted by atomic mass is 16.5. The van der Waals surface area contributed by atoms with Gasteiger partial charge in [-0.2, -0.15) is 0 Å². The molecule has 3 heteroatoms. The van der Waals surface area contributed by atoms with Crippen LogP contribution in [0.25, 0.3) is 323 Å². The summed E-state index contributed by atoms with van der Waals surface area (Å²) in [5, 5.41) is 89.2. The Morgan fingerprint density at radius 2 is 0.382 bits per heavy atom. The van der Waals surface area contributed by atoms with Crippen LogP contribution in [0.1, 0.15) is 19.8 Å². The maximum absolute atomic E-state index is 16.0. The molecule has 30 aromatic carbocycles. The van der Waals surface area contributed by atoms with Crippen LogP contribution in [0.2, 0.25) is 0 Å². The van der Waals surface area contributed by atoms with E-state index in [9.17, 15) is 0 Å². The monoisotopic (exact) mass is 835 g/mol. The first-order valence-electron chi connectivity index (χ1n) is 25.3. The van der Waals surface area contributed by atoms with E-state index < -0.39 is 0 Å². The summed E-state index contributed by atoms with van der Waals surface area (Å²) in [5.74, 6) is 0. The van der Waals surface area contributed by atoms with Gasteiger partial charge in [-0.15, -0.1) is 0 Å². The summed E-state index contributed by atoms with van der Waals surface area (Å²) >= 11 is 0. The molecule has 0 unspecified atom stereocenters. The maximum Gasteiger partial charge on any atom is 0.419 e. The molecule has 68 heavy (non-hydrogen) atoms. The van der Waals surface area contributed by atoms with E-state index in [0.717, 1.165) is 23.9 Å². The fourth-order valence-electron chi connectivity index (χ4n) is 23.1. The molecule has 0 fully saturated rings. The second-order valence-corrected chi connectivity index (χ2v) is 24.3. The third-order valence-corrected chi connectivity index (χ3v) is 23.6. The van der Waals surface area contributed by atoms with E-state index in [4.69, 9.17) is 4.74 Å². The van der Waals surface area contributed by atoms with Gasteiger partial charge in [-0.05, 0) is 6.42 Å². The Morgan fingerprint density at radius 1 is 0.250 bits per heavy atom. The Labute approximate surface area is 368 Å². The molecule has 0 radical (unpaired) electrons. The van der Waals surface area contributed by atoms with Gasteiger partial charge in [-0.25, -0.2) is 9.36 Å². The molecule has 1 aromatic heterocycles. The lowest BCUT2D eigenvalue weighted by Gasteiger charge is -2.23. The lowest BCUT2D eigenvalue weighted by atomic mass is 9.84. The highest BCUT2D eigenvalue weighted by Gasteiger charge is 2.51. The first-order chi connectivity index (χ1) is 33.9. The maximum atomic E-state index is 16.0. The largest absolute Gasteiger partial charge is 0.449 e. The molecular formula is C65H9NO2. The zero-order valence-corrected chi connectivity index (χ0v) is 34.9. The Balaban J connectivity index is 1.24. The second kappa shape index (κ2) is 5.86. The highest BCUT2D eigenvalue weighted by Crippen LogP contribution is 2.80. The molecule has 0 spiro atoms. The average molecular weight is 836 g/mol. The van der Waals surface area contributed by atoms with Crippen LogP contribution in [-0.2, 0) is 4.74 Å². The molecule has 286 valence electrons. The third kappa shape index (κ3) is 1.38. The van der Waals surface area contributed by atoms with Crippen molar-refractivity contribution >= 4 is 330 Å². The van der Waals surface area contributed by atoms with Crippen molar-refractivity contribution in [2.24, 2.45) is 0 Å². The molecule has 0 aliphatic carbocycles. The second-order valence-electron chi connectivity index (χ2n) is 24.3. The topological polar surface area (TPSA) is 31.2 Å². The number of fused-ring (bicyclic) bond motifs is 5. The summed E-state index contributed by atoms with van der Waals surface area (Å²) < 4.78 is 8.92.